The van der Waals surface area contributed by atoms with Crippen LogP contribution in [0.3, 0.4) is 0 Å². The molecular weight excluding hydrogens is 372 g/mol. The lowest BCUT2D eigenvalue weighted by molar-refractivity contribution is 0.0773. The molecule has 1 saturated heterocycles. The molecule has 0 bridgehead atoms. The third-order valence-corrected chi connectivity index (χ3v) is 6.47. The number of piperidine rings is 1. The molecule has 0 spiro atoms. The minimum atomic E-state index is -0.136. The fraction of sp³-hybridized carbons (Fsp3) is 0.500. The summed E-state index contributed by atoms with van der Waals surface area (Å²) in [4.78, 5) is 17.1. The highest BCUT2D eigenvalue weighted by Crippen LogP contribution is 2.42. The zero-order valence-electron chi connectivity index (χ0n) is 18.9. The number of amides is 1. The molecule has 0 saturated carbocycles. The largest absolute Gasteiger partial charge is 0.508 e. The minimum Gasteiger partial charge on any atom is -0.508 e. The van der Waals surface area contributed by atoms with Crippen LogP contribution >= 0.6 is 0 Å². The van der Waals surface area contributed by atoms with E-state index in [0.717, 1.165) is 56.7 Å². The lowest BCUT2D eigenvalue weighted by Crippen LogP contribution is -2.44. The van der Waals surface area contributed by atoms with Gasteiger partial charge in [0.2, 0.25) is 0 Å². The van der Waals surface area contributed by atoms with E-state index in [4.69, 9.17) is 0 Å². The molecule has 1 fully saturated rings. The predicted octanol–water partition coefficient (Wildman–Crippen LogP) is 4.91. The summed E-state index contributed by atoms with van der Waals surface area (Å²) >= 11 is 0. The second-order valence-electron chi connectivity index (χ2n) is 8.88. The highest BCUT2D eigenvalue weighted by molar-refractivity contribution is 5.94. The van der Waals surface area contributed by atoms with Gasteiger partial charge in [-0.2, -0.15) is 0 Å². The van der Waals surface area contributed by atoms with Gasteiger partial charge in [-0.3, -0.25) is 4.79 Å². The van der Waals surface area contributed by atoms with Gasteiger partial charge < -0.3 is 14.9 Å². The van der Waals surface area contributed by atoms with Crippen LogP contribution < -0.4 is 0 Å². The van der Waals surface area contributed by atoms with Crippen molar-refractivity contribution in [3.8, 4) is 5.75 Å². The van der Waals surface area contributed by atoms with Gasteiger partial charge in [0.15, 0.2) is 0 Å². The van der Waals surface area contributed by atoms with Gasteiger partial charge in [0.1, 0.15) is 5.75 Å². The van der Waals surface area contributed by atoms with E-state index < -0.39 is 0 Å². The maximum absolute atomic E-state index is 12.7. The second-order valence-corrected chi connectivity index (χ2v) is 8.88. The molecule has 1 aliphatic heterocycles. The fourth-order valence-corrected chi connectivity index (χ4v) is 4.81. The average Bonchev–Trinajstić information content (AvgIpc) is 2.75. The van der Waals surface area contributed by atoms with Crippen molar-refractivity contribution in [2.45, 2.75) is 46.0 Å². The monoisotopic (exact) mass is 408 g/mol. The number of phenols is 1. The topological polar surface area (TPSA) is 43.8 Å². The molecule has 1 aliphatic rings. The van der Waals surface area contributed by atoms with Gasteiger partial charge in [0.25, 0.3) is 5.91 Å². The second kappa shape index (κ2) is 9.65. The van der Waals surface area contributed by atoms with E-state index in [1.807, 2.05) is 43.0 Å². The zero-order chi connectivity index (χ0) is 21.7. The molecular formula is C26H36N2O2. The maximum atomic E-state index is 12.7. The number of aromatic hydroxyl groups is 1. The molecule has 3 rings (SSSR count). The molecule has 1 N–H and O–H groups in total. The standard InChI is InChI=1S/C26H36N2O2/c1-5-28(6-2)25(30)21-10-12-22(13-11-21)26(23-8-7-9-24(29)18-23)14-16-27(17-15-26)19-20(3)4/h7-13,18,20,29H,5-6,14-17,19H2,1-4H3. The molecule has 4 nitrogen and oxygen atoms in total. The van der Waals surface area contributed by atoms with Gasteiger partial charge in [-0.25, -0.2) is 0 Å². The van der Waals surface area contributed by atoms with Gasteiger partial charge in [0.05, 0.1) is 0 Å². The van der Waals surface area contributed by atoms with Gasteiger partial charge in [0, 0.05) is 30.6 Å². The van der Waals surface area contributed by atoms with E-state index in [2.05, 4.69) is 36.9 Å². The minimum absolute atomic E-state index is 0.0877. The van der Waals surface area contributed by atoms with E-state index in [-0.39, 0.29) is 11.3 Å². The summed E-state index contributed by atoms with van der Waals surface area (Å²) in [5.74, 6) is 1.05. The Labute approximate surface area is 181 Å². The number of hydrogen-bond acceptors (Lipinski definition) is 3. The van der Waals surface area contributed by atoms with Crippen molar-refractivity contribution in [1.82, 2.24) is 9.80 Å². The SMILES string of the molecule is CCN(CC)C(=O)c1ccc(C2(c3cccc(O)c3)CCN(CC(C)C)CC2)cc1. The summed E-state index contributed by atoms with van der Waals surface area (Å²) in [5.41, 5.74) is 3.00. The lowest BCUT2D eigenvalue weighted by Gasteiger charge is -2.43. The number of likely N-dealkylation sites (tertiary alicyclic amines) is 1. The number of hydrogen-bond donors (Lipinski definition) is 1. The van der Waals surface area contributed by atoms with E-state index in [1.165, 1.54) is 5.56 Å². The third kappa shape index (κ3) is 4.70. The Morgan fingerprint density at radius 1 is 1.03 bits per heavy atom. The third-order valence-electron chi connectivity index (χ3n) is 6.47. The summed E-state index contributed by atoms with van der Waals surface area (Å²) in [6.45, 7) is 13.2. The van der Waals surface area contributed by atoms with Crippen molar-refractivity contribution < 1.29 is 9.90 Å². The van der Waals surface area contributed by atoms with E-state index in [9.17, 15) is 9.90 Å². The van der Waals surface area contributed by atoms with Crippen LogP contribution in [0.25, 0.3) is 0 Å². The summed E-state index contributed by atoms with van der Waals surface area (Å²) in [5, 5.41) is 10.1. The van der Waals surface area contributed by atoms with Crippen LogP contribution in [0.15, 0.2) is 48.5 Å². The fourth-order valence-electron chi connectivity index (χ4n) is 4.81. The first-order valence-electron chi connectivity index (χ1n) is 11.3. The Kier molecular flexibility index (Phi) is 7.19. The first-order valence-corrected chi connectivity index (χ1v) is 11.3. The van der Waals surface area contributed by atoms with Crippen molar-refractivity contribution in [2.75, 3.05) is 32.7 Å². The van der Waals surface area contributed by atoms with Gasteiger partial charge >= 0.3 is 0 Å². The number of rotatable bonds is 7. The van der Waals surface area contributed by atoms with E-state index in [1.54, 1.807) is 6.07 Å². The zero-order valence-corrected chi connectivity index (χ0v) is 18.9. The Morgan fingerprint density at radius 2 is 1.67 bits per heavy atom. The summed E-state index contributed by atoms with van der Waals surface area (Å²) in [6.07, 6.45) is 2.01. The number of carbonyl (C=O) groups excluding carboxylic acids is 1. The van der Waals surface area contributed by atoms with Crippen molar-refractivity contribution in [3.63, 3.8) is 0 Å². The van der Waals surface area contributed by atoms with Gasteiger partial charge in [-0.15, -0.1) is 0 Å². The highest BCUT2D eigenvalue weighted by atomic mass is 16.3. The molecule has 4 heteroatoms. The molecule has 1 amide bonds. The smallest absolute Gasteiger partial charge is 0.253 e. The first kappa shape index (κ1) is 22.4. The van der Waals surface area contributed by atoms with Crippen LogP contribution in [-0.2, 0) is 5.41 Å². The molecule has 30 heavy (non-hydrogen) atoms. The van der Waals surface area contributed by atoms with Crippen molar-refractivity contribution in [1.29, 1.82) is 0 Å². The molecule has 2 aromatic rings. The molecule has 0 unspecified atom stereocenters. The molecule has 1 heterocycles. The molecule has 162 valence electrons. The number of phenolic OH excluding ortho intramolecular Hbond substituents is 1. The predicted molar refractivity (Wildman–Crippen MR) is 123 cm³/mol. The van der Waals surface area contributed by atoms with Crippen LogP contribution in [0.2, 0.25) is 0 Å². The molecule has 0 aliphatic carbocycles. The van der Waals surface area contributed by atoms with Crippen molar-refractivity contribution in [3.05, 3.63) is 65.2 Å². The van der Waals surface area contributed by atoms with Crippen LogP contribution in [0.1, 0.15) is 62.0 Å². The maximum Gasteiger partial charge on any atom is 0.253 e. The molecule has 0 aromatic heterocycles. The first-order chi connectivity index (χ1) is 14.4. The molecule has 0 atom stereocenters. The van der Waals surface area contributed by atoms with Gasteiger partial charge in [-0.05, 0) is 81.1 Å². The molecule has 0 radical (unpaired) electrons. The normalized spacial score (nSPS) is 16.6. The van der Waals surface area contributed by atoms with Crippen LogP contribution in [0, 0.1) is 5.92 Å². The Hall–Kier alpha value is -2.33. The Balaban J connectivity index is 1.93. The summed E-state index contributed by atoms with van der Waals surface area (Å²) in [7, 11) is 0. The summed E-state index contributed by atoms with van der Waals surface area (Å²) in [6, 6.07) is 15.9. The quantitative estimate of drug-likeness (QED) is 0.708. The Bertz CT molecular complexity index is 832. The van der Waals surface area contributed by atoms with Gasteiger partial charge in [-0.1, -0.05) is 38.1 Å². The number of carbonyl (C=O) groups is 1. The highest BCUT2D eigenvalue weighted by Gasteiger charge is 2.38. The molecule has 2 aromatic carbocycles. The van der Waals surface area contributed by atoms with E-state index in [0.29, 0.717) is 11.7 Å². The van der Waals surface area contributed by atoms with Crippen molar-refractivity contribution >= 4 is 5.91 Å². The number of benzene rings is 2. The van der Waals surface area contributed by atoms with Crippen molar-refractivity contribution in [2.24, 2.45) is 5.92 Å². The van der Waals surface area contributed by atoms with Crippen LogP contribution in [-0.4, -0.2) is 53.5 Å². The average molecular weight is 409 g/mol. The number of nitrogens with zero attached hydrogens (tertiary/aromatic N) is 2. The lowest BCUT2D eigenvalue weighted by atomic mass is 9.68. The van der Waals surface area contributed by atoms with Crippen LogP contribution in [0.5, 0.6) is 5.75 Å². The van der Waals surface area contributed by atoms with E-state index >= 15 is 0 Å². The summed E-state index contributed by atoms with van der Waals surface area (Å²) < 4.78 is 0. The van der Waals surface area contributed by atoms with Crippen LogP contribution in [0.4, 0.5) is 0 Å². The Morgan fingerprint density at radius 3 is 2.20 bits per heavy atom.